The molecule has 0 aromatic heterocycles. The summed E-state index contributed by atoms with van der Waals surface area (Å²) in [5.74, 6) is 2.49. The van der Waals surface area contributed by atoms with Crippen molar-refractivity contribution < 1.29 is 14.4 Å². The molecule has 0 radical (unpaired) electrons. The molecule has 1 amide bonds. The molecule has 0 spiro atoms. The first-order valence-corrected chi connectivity index (χ1v) is 8.30. The van der Waals surface area contributed by atoms with Gasteiger partial charge < -0.3 is 15.0 Å². The number of likely N-dealkylation sites (tertiary alicyclic amines) is 1. The van der Waals surface area contributed by atoms with Crippen molar-refractivity contribution in [1.29, 1.82) is 0 Å². The molecule has 2 rings (SSSR count). The lowest BCUT2D eigenvalue weighted by Crippen LogP contribution is -3.15. The van der Waals surface area contributed by atoms with Crippen molar-refractivity contribution >= 4 is 5.91 Å². The van der Waals surface area contributed by atoms with Gasteiger partial charge in [-0.2, -0.15) is 0 Å². The van der Waals surface area contributed by atoms with Crippen molar-refractivity contribution in [2.45, 2.75) is 26.7 Å². The number of amides is 1. The van der Waals surface area contributed by atoms with Gasteiger partial charge in [0.2, 0.25) is 0 Å². The normalized spacial score (nSPS) is 24.8. The lowest BCUT2D eigenvalue weighted by Gasteiger charge is -2.31. The molecule has 2 N–H and O–H groups in total. The Balaban J connectivity index is 1.74. The molecule has 0 bridgehead atoms. The van der Waals surface area contributed by atoms with Crippen LogP contribution in [0, 0.1) is 11.8 Å². The van der Waals surface area contributed by atoms with Gasteiger partial charge in [0.15, 0.2) is 6.54 Å². The second-order valence-electron chi connectivity index (χ2n) is 6.69. The fourth-order valence-corrected chi connectivity index (χ4v) is 3.60. The number of methoxy groups -OCH3 is 1. The van der Waals surface area contributed by atoms with E-state index in [4.69, 9.17) is 4.74 Å². The minimum absolute atomic E-state index is 0.159. The van der Waals surface area contributed by atoms with E-state index in [0.29, 0.717) is 13.1 Å². The highest BCUT2D eigenvalue weighted by atomic mass is 16.5. The van der Waals surface area contributed by atoms with Crippen LogP contribution in [0.1, 0.15) is 25.8 Å². The van der Waals surface area contributed by atoms with E-state index in [-0.39, 0.29) is 5.91 Å². The number of rotatable bonds is 6. The third-order valence-corrected chi connectivity index (χ3v) is 4.40. The van der Waals surface area contributed by atoms with Crippen LogP contribution in [0.3, 0.4) is 0 Å². The van der Waals surface area contributed by atoms with Gasteiger partial charge in [-0.15, -0.1) is 0 Å². The largest absolute Gasteiger partial charge is 0.496 e. The molecule has 0 saturated carbocycles. The Morgan fingerprint density at radius 1 is 1.27 bits per heavy atom. The Morgan fingerprint density at radius 2 is 1.95 bits per heavy atom. The highest BCUT2D eigenvalue weighted by Gasteiger charge is 2.26. The Morgan fingerprint density at radius 3 is 2.64 bits per heavy atom. The average Bonchev–Trinajstić information content (AvgIpc) is 2.46. The van der Waals surface area contributed by atoms with Gasteiger partial charge in [-0.05, 0) is 24.5 Å². The minimum Gasteiger partial charge on any atom is -0.496 e. The van der Waals surface area contributed by atoms with Crippen LogP contribution >= 0.6 is 0 Å². The maximum atomic E-state index is 12.1. The average molecular weight is 305 g/mol. The first-order chi connectivity index (χ1) is 10.6. The summed E-state index contributed by atoms with van der Waals surface area (Å²) in [7, 11) is 1.68. The highest BCUT2D eigenvalue weighted by molar-refractivity contribution is 5.76. The van der Waals surface area contributed by atoms with Crippen molar-refractivity contribution in [1.82, 2.24) is 5.32 Å². The number of hydrogen-bond donors (Lipinski definition) is 2. The Kier molecular flexibility index (Phi) is 6.25. The van der Waals surface area contributed by atoms with E-state index in [0.717, 1.165) is 42.7 Å². The number of hydrogen-bond acceptors (Lipinski definition) is 2. The zero-order valence-electron chi connectivity index (χ0n) is 14.0. The molecule has 1 heterocycles. The fraction of sp³-hybridized carbons (Fsp3) is 0.611. The van der Waals surface area contributed by atoms with Crippen LogP contribution in [-0.2, 0) is 11.2 Å². The molecule has 122 valence electrons. The first-order valence-electron chi connectivity index (χ1n) is 8.30. The minimum atomic E-state index is 0.159. The zero-order chi connectivity index (χ0) is 15.9. The predicted octanol–water partition coefficient (Wildman–Crippen LogP) is 0.915. The van der Waals surface area contributed by atoms with E-state index >= 15 is 0 Å². The third-order valence-electron chi connectivity index (χ3n) is 4.40. The number of nitrogens with one attached hydrogen (secondary N) is 2. The maximum Gasteiger partial charge on any atom is 0.275 e. The standard InChI is InChI=1S/C18H28N2O2/c1-14-10-15(2)12-20(11-14)13-18(21)19-9-8-16-6-4-5-7-17(16)22-3/h4-7,14-15H,8-13H2,1-3H3,(H,19,21)/p+1/t14-,15+. The molecule has 1 saturated heterocycles. The van der Waals surface area contributed by atoms with Gasteiger partial charge >= 0.3 is 0 Å². The molecular weight excluding hydrogens is 276 g/mol. The SMILES string of the molecule is COc1ccccc1CCNC(=O)C[NH+]1C[C@H](C)C[C@H](C)C1. The molecule has 1 aliphatic rings. The van der Waals surface area contributed by atoms with E-state index in [1.807, 2.05) is 24.3 Å². The van der Waals surface area contributed by atoms with Crippen molar-refractivity contribution in [3.8, 4) is 5.75 Å². The van der Waals surface area contributed by atoms with Crippen LogP contribution in [-0.4, -0.2) is 39.2 Å². The topological polar surface area (TPSA) is 42.8 Å². The number of ether oxygens (including phenoxy) is 1. The fourth-order valence-electron chi connectivity index (χ4n) is 3.60. The quantitative estimate of drug-likeness (QED) is 0.820. The summed E-state index contributed by atoms with van der Waals surface area (Å²) in [6, 6.07) is 7.96. The molecule has 1 fully saturated rings. The molecule has 1 aliphatic heterocycles. The highest BCUT2D eigenvalue weighted by Crippen LogP contribution is 2.17. The molecule has 4 heteroatoms. The molecule has 22 heavy (non-hydrogen) atoms. The van der Waals surface area contributed by atoms with Gasteiger partial charge in [-0.25, -0.2) is 0 Å². The molecule has 4 nitrogen and oxygen atoms in total. The number of para-hydroxylation sites is 1. The number of carbonyl (C=O) groups is 1. The summed E-state index contributed by atoms with van der Waals surface area (Å²) in [6.07, 6.45) is 2.09. The second-order valence-corrected chi connectivity index (χ2v) is 6.69. The van der Waals surface area contributed by atoms with E-state index < -0.39 is 0 Å². The molecule has 0 aliphatic carbocycles. The van der Waals surface area contributed by atoms with Crippen LogP contribution < -0.4 is 15.0 Å². The van der Waals surface area contributed by atoms with E-state index in [1.165, 1.54) is 11.3 Å². The second kappa shape index (κ2) is 8.18. The Labute approximate surface area is 133 Å². The number of carbonyl (C=O) groups excluding carboxylic acids is 1. The Hall–Kier alpha value is -1.55. The number of benzene rings is 1. The number of quaternary nitrogens is 1. The molecule has 3 atom stereocenters. The molecular formula is C18H29N2O2+. The van der Waals surface area contributed by atoms with Crippen molar-refractivity contribution in [3.63, 3.8) is 0 Å². The van der Waals surface area contributed by atoms with Gasteiger partial charge in [0, 0.05) is 18.4 Å². The lowest BCUT2D eigenvalue weighted by atomic mass is 9.92. The summed E-state index contributed by atoms with van der Waals surface area (Å²) in [4.78, 5) is 13.5. The van der Waals surface area contributed by atoms with Gasteiger partial charge in [-0.1, -0.05) is 32.0 Å². The summed E-state index contributed by atoms with van der Waals surface area (Å²) in [6.45, 7) is 8.07. The predicted molar refractivity (Wildman–Crippen MR) is 88.2 cm³/mol. The van der Waals surface area contributed by atoms with Gasteiger partial charge in [0.1, 0.15) is 5.75 Å². The molecule has 1 unspecified atom stereocenters. The van der Waals surface area contributed by atoms with E-state index in [2.05, 4.69) is 19.2 Å². The zero-order valence-corrected chi connectivity index (χ0v) is 14.0. The van der Waals surface area contributed by atoms with Gasteiger partial charge in [0.05, 0.1) is 20.2 Å². The van der Waals surface area contributed by atoms with Crippen LogP contribution in [0.15, 0.2) is 24.3 Å². The van der Waals surface area contributed by atoms with Gasteiger partial charge in [0.25, 0.3) is 5.91 Å². The van der Waals surface area contributed by atoms with Crippen molar-refractivity contribution in [2.24, 2.45) is 11.8 Å². The van der Waals surface area contributed by atoms with Crippen LogP contribution in [0.2, 0.25) is 0 Å². The molecule has 1 aromatic rings. The van der Waals surface area contributed by atoms with Crippen LogP contribution in [0.25, 0.3) is 0 Å². The summed E-state index contributed by atoms with van der Waals surface area (Å²) in [5.41, 5.74) is 1.14. The summed E-state index contributed by atoms with van der Waals surface area (Å²) >= 11 is 0. The Bertz CT molecular complexity index is 480. The number of piperidine rings is 1. The molecule has 1 aromatic carbocycles. The van der Waals surface area contributed by atoms with Gasteiger partial charge in [-0.3, -0.25) is 4.79 Å². The monoisotopic (exact) mass is 305 g/mol. The lowest BCUT2D eigenvalue weighted by molar-refractivity contribution is -0.904. The first kappa shape index (κ1) is 16.8. The van der Waals surface area contributed by atoms with E-state index in [1.54, 1.807) is 7.11 Å². The van der Waals surface area contributed by atoms with Crippen LogP contribution in [0.5, 0.6) is 5.75 Å². The summed E-state index contributed by atoms with van der Waals surface area (Å²) in [5, 5.41) is 3.04. The van der Waals surface area contributed by atoms with Crippen molar-refractivity contribution in [2.75, 3.05) is 33.3 Å². The maximum absolute atomic E-state index is 12.1. The third kappa shape index (κ3) is 5.02. The summed E-state index contributed by atoms with van der Waals surface area (Å²) < 4.78 is 5.33. The van der Waals surface area contributed by atoms with E-state index in [9.17, 15) is 4.79 Å². The smallest absolute Gasteiger partial charge is 0.275 e. The van der Waals surface area contributed by atoms with Crippen molar-refractivity contribution in [3.05, 3.63) is 29.8 Å². The van der Waals surface area contributed by atoms with Crippen LogP contribution in [0.4, 0.5) is 0 Å².